The van der Waals surface area contributed by atoms with Crippen LogP contribution in [0.15, 0.2) is 18.2 Å². The molecular weight excluding hydrogens is 423 g/mol. The highest BCUT2D eigenvalue weighted by atomic mass is 28.4. The van der Waals surface area contributed by atoms with Crippen LogP contribution < -0.4 is 0 Å². The fourth-order valence-electron chi connectivity index (χ4n) is 3.71. The van der Waals surface area contributed by atoms with Gasteiger partial charge in [-0.2, -0.15) is 5.26 Å². The summed E-state index contributed by atoms with van der Waals surface area (Å²) in [6.45, 7) is 18.3. The van der Waals surface area contributed by atoms with Crippen molar-refractivity contribution in [2.45, 2.75) is 84.0 Å². The summed E-state index contributed by atoms with van der Waals surface area (Å²) in [6.07, 6.45) is 0.474. The Morgan fingerprint density at radius 1 is 1.25 bits per heavy atom. The number of ether oxygens (including phenoxy) is 1. The molecule has 7 heteroatoms. The van der Waals surface area contributed by atoms with Crippen LogP contribution in [0.5, 0.6) is 0 Å². The normalized spacial score (nSPS) is 20.1. The Balaban J connectivity index is 2.29. The molecule has 0 spiro atoms. The Labute approximate surface area is 194 Å². The summed E-state index contributed by atoms with van der Waals surface area (Å²) in [6, 6.07) is 7.12. The molecule has 1 aliphatic rings. The molecule has 1 aromatic carbocycles. The van der Waals surface area contributed by atoms with E-state index in [1.165, 1.54) is 6.07 Å². The second-order valence-electron chi connectivity index (χ2n) is 11.3. The largest absolute Gasteiger partial charge is 0.444 e. The van der Waals surface area contributed by atoms with Crippen LogP contribution in [0, 0.1) is 23.1 Å². The maximum Gasteiger partial charge on any atom is 0.410 e. The Morgan fingerprint density at radius 3 is 2.47 bits per heavy atom. The zero-order chi connectivity index (χ0) is 24.3. The van der Waals surface area contributed by atoms with E-state index in [0.29, 0.717) is 25.3 Å². The van der Waals surface area contributed by atoms with E-state index in [2.05, 4.69) is 33.9 Å². The molecule has 5 nitrogen and oxygen atoms in total. The van der Waals surface area contributed by atoms with Crippen molar-refractivity contribution in [2.24, 2.45) is 5.92 Å². The summed E-state index contributed by atoms with van der Waals surface area (Å²) in [7, 11) is -1.98. The van der Waals surface area contributed by atoms with Crippen molar-refractivity contribution < 1.29 is 18.3 Å². The fraction of sp³-hybridized carbons (Fsp3) is 0.680. The minimum atomic E-state index is -1.98. The zero-order valence-electron chi connectivity index (χ0n) is 20.9. The Hall–Kier alpha value is -1.91. The monoisotopic (exact) mass is 462 g/mol. The molecule has 1 amide bonds. The summed E-state index contributed by atoms with van der Waals surface area (Å²) in [5.74, 6) is -0.169. The number of likely N-dealkylation sites (tertiary alicyclic amines) is 1. The standard InChI is InChI=1S/C25H39FN2O3Si/c1-24(2,3)31-23(29)28-14-12-21(18-9-10-22(26)19(15-18)11-13-27)20(16-28)17-30-32(7,8)25(4,5)6/h9-10,15,20-21H,11-12,14,16-17H2,1-8H3. The first-order chi connectivity index (χ1) is 14.6. The molecule has 0 aromatic heterocycles. The maximum absolute atomic E-state index is 14.1. The molecule has 1 saturated heterocycles. The highest BCUT2D eigenvalue weighted by Gasteiger charge is 2.40. The van der Waals surface area contributed by atoms with Crippen LogP contribution in [0.3, 0.4) is 0 Å². The molecule has 1 aliphatic heterocycles. The van der Waals surface area contributed by atoms with E-state index in [-0.39, 0.29) is 35.2 Å². The number of hydrogen-bond donors (Lipinski definition) is 0. The zero-order valence-corrected chi connectivity index (χ0v) is 21.9. The molecule has 0 N–H and O–H groups in total. The minimum absolute atomic E-state index is 0.0432. The van der Waals surface area contributed by atoms with Gasteiger partial charge in [0.25, 0.3) is 0 Å². The lowest BCUT2D eigenvalue weighted by Crippen LogP contribution is -2.48. The van der Waals surface area contributed by atoms with Gasteiger partial charge in [-0.25, -0.2) is 9.18 Å². The molecule has 178 valence electrons. The first-order valence-corrected chi connectivity index (χ1v) is 14.3. The van der Waals surface area contributed by atoms with E-state index in [9.17, 15) is 9.18 Å². The second-order valence-corrected chi connectivity index (χ2v) is 16.1. The Morgan fingerprint density at radius 2 is 1.91 bits per heavy atom. The molecule has 32 heavy (non-hydrogen) atoms. The lowest BCUT2D eigenvalue weighted by molar-refractivity contribution is 0.0106. The molecule has 2 rings (SSSR count). The van der Waals surface area contributed by atoms with Gasteiger partial charge in [-0.15, -0.1) is 0 Å². The number of piperidine rings is 1. The molecule has 0 aliphatic carbocycles. The third-order valence-electron chi connectivity index (χ3n) is 6.62. The van der Waals surface area contributed by atoms with Crippen molar-refractivity contribution in [1.29, 1.82) is 5.26 Å². The SMILES string of the molecule is CC(C)(C)OC(=O)N1CCC(c2ccc(F)c(CC#N)c2)C(CO[Si](C)(C)C(C)(C)C)C1. The van der Waals surface area contributed by atoms with Crippen molar-refractivity contribution in [3.63, 3.8) is 0 Å². The number of carbonyl (C=O) groups excluding carboxylic acids is 1. The van der Waals surface area contributed by atoms with E-state index in [0.717, 1.165) is 12.0 Å². The number of nitrogens with zero attached hydrogens (tertiary/aromatic N) is 2. The van der Waals surface area contributed by atoms with Crippen LogP contribution in [0.2, 0.25) is 18.1 Å². The molecule has 2 unspecified atom stereocenters. The average Bonchev–Trinajstić information content (AvgIpc) is 2.66. The van der Waals surface area contributed by atoms with Crippen LogP contribution in [0.4, 0.5) is 9.18 Å². The van der Waals surface area contributed by atoms with Crippen LogP contribution in [0.25, 0.3) is 0 Å². The predicted molar refractivity (Wildman–Crippen MR) is 128 cm³/mol. The van der Waals surface area contributed by atoms with E-state index in [1.807, 2.05) is 39.0 Å². The van der Waals surface area contributed by atoms with Crippen LogP contribution in [0.1, 0.15) is 65.0 Å². The van der Waals surface area contributed by atoms with Crippen LogP contribution in [-0.4, -0.2) is 44.6 Å². The molecular formula is C25H39FN2O3Si. The van der Waals surface area contributed by atoms with Gasteiger partial charge < -0.3 is 14.1 Å². The second kappa shape index (κ2) is 9.92. The van der Waals surface area contributed by atoms with Gasteiger partial charge in [0.05, 0.1) is 12.5 Å². The highest BCUT2D eigenvalue weighted by molar-refractivity contribution is 6.74. The Bertz CT molecular complexity index is 852. The highest BCUT2D eigenvalue weighted by Crippen LogP contribution is 2.39. The number of halogens is 1. The summed E-state index contributed by atoms with van der Waals surface area (Å²) in [5.41, 5.74) is 0.873. The topological polar surface area (TPSA) is 62.6 Å². The first-order valence-electron chi connectivity index (χ1n) is 11.4. The lowest BCUT2D eigenvalue weighted by Gasteiger charge is -2.42. The number of benzene rings is 1. The third-order valence-corrected chi connectivity index (χ3v) is 11.1. The van der Waals surface area contributed by atoms with Gasteiger partial charge in [-0.3, -0.25) is 0 Å². The summed E-state index contributed by atoms with van der Waals surface area (Å²) < 4.78 is 26.3. The first kappa shape index (κ1) is 26.3. The van der Waals surface area contributed by atoms with Crippen molar-refractivity contribution >= 4 is 14.4 Å². The van der Waals surface area contributed by atoms with Gasteiger partial charge >= 0.3 is 6.09 Å². The van der Waals surface area contributed by atoms with E-state index in [1.54, 1.807) is 4.90 Å². The molecule has 1 aromatic rings. The van der Waals surface area contributed by atoms with E-state index < -0.39 is 13.9 Å². The molecule has 1 heterocycles. The van der Waals surface area contributed by atoms with Crippen LogP contribution in [-0.2, 0) is 15.6 Å². The molecule has 0 saturated carbocycles. The molecule has 0 bridgehead atoms. The quantitative estimate of drug-likeness (QED) is 0.485. The van der Waals surface area contributed by atoms with E-state index in [4.69, 9.17) is 14.4 Å². The summed E-state index contributed by atoms with van der Waals surface area (Å²) in [4.78, 5) is 14.5. The Kier molecular flexibility index (Phi) is 8.17. The number of rotatable bonds is 5. The van der Waals surface area contributed by atoms with Crippen molar-refractivity contribution in [1.82, 2.24) is 4.90 Å². The van der Waals surface area contributed by atoms with Gasteiger partial charge in [-0.05, 0) is 62.9 Å². The van der Waals surface area contributed by atoms with Crippen molar-refractivity contribution in [2.75, 3.05) is 19.7 Å². The minimum Gasteiger partial charge on any atom is -0.444 e. The fourth-order valence-corrected chi connectivity index (χ4v) is 4.77. The average molecular weight is 463 g/mol. The van der Waals surface area contributed by atoms with Crippen LogP contribution >= 0.6 is 0 Å². The summed E-state index contributed by atoms with van der Waals surface area (Å²) >= 11 is 0. The van der Waals surface area contributed by atoms with Gasteiger partial charge in [0.1, 0.15) is 11.4 Å². The number of amides is 1. The van der Waals surface area contributed by atoms with Gasteiger partial charge in [0.2, 0.25) is 0 Å². The number of hydrogen-bond acceptors (Lipinski definition) is 4. The summed E-state index contributed by atoms with van der Waals surface area (Å²) in [5, 5.41) is 9.13. The van der Waals surface area contributed by atoms with Gasteiger partial charge in [-0.1, -0.05) is 32.9 Å². The lowest BCUT2D eigenvalue weighted by atomic mass is 9.80. The molecule has 1 fully saturated rings. The van der Waals surface area contributed by atoms with Gasteiger partial charge in [0, 0.05) is 31.2 Å². The maximum atomic E-state index is 14.1. The van der Waals surface area contributed by atoms with Crippen molar-refractivity contribution in [3.05, 3.63) is 35.1 Å². The number of nitriles is 1. The predicted octanol–water partition coefficient (Wildman–Crippen LogP) is 6.25. The molecule has 0 radical (unpaired) electrons. The number of carbonyl (C=O) groups is 1. The molecule has 2 atom stereocenters. The third kappa shape index (κ3) is 6.79. The smallest absolute Gasteiger partial charge is 0.410 e. The van der Waals surface area contributed by atoms with E-state index >= 15 is 0 Å². The van der Waals surface area contributed by atoms with Crippen molar-refractivity contribution in [3.8, 4) is 6.07 Å². The van der Waals surface area contributed by atoms with Gasteiger partial charge in [0.15, 0.2) is 8.32 Å².